The van der Waals surface area contributed by atoms with Gasteiger partial charge in [-0.15, -0.1) is 0 Å². The van der Waals surface area contributed by atoms with Crippen molar-refractivity contribution >= 4 is 34.8 Å². The van der Waals surface area contributed by atoms with Gasteiger partial charge in [0.2, 0.25) is 5.91 Å². The van der Waals surface area contributed by atoms with Crippen LogP contribution in [0.2, 0.25) is 5.02 Å². The summed E-state index contributed by atoms with van der Waals surface area (Å²) in [4.78, 5) is 26.3. The molecule has 0 radical (unpaired) electrons. The number of para-hydroxylation sites is 2. The molecule has 0 spiro atoms. The zero-order valence-corrected chi connectivity index (χ0v) is 14.8. The van der Waals surface area contributed by atoms with Crippen LogP contribution in [0.3, 0.4) is 0 Å². The number of rotatable bonds is 4. The van der Waals surface area contributed by atoms with Crippen LogP contribution in [-0.2, 0) is 9.59 Å². The second-order valence-electron chi connectivity index (χ2n) is 5.93. The first-order chi connectivity index (χ1) is 12.0. The maximum atomic E-state index is 12.4. The fraction of sp³-hybridized carbons (Fsp3) is 0.263. The van der Waals surface area contributed by atoms with Gasteiger partial charge in [-0.3, -0.25) is 9.59 Å². The Morgan fingerprint density at radius 3 is 2.80 bits per heavy atom. The third kappa shape index (κ3) is 3.61. The number of hydrogen-bond acceptors (Lipinski definition) is 3. The summed E-state index contributed by atoms with van der Waals surface area (Å²) in [5.74, 6) is 0.334. The molecule has 25 heavy (non-hydrogen) atoms. The number of nitrogens with one attached hydrogen (secondary N) is 1. The predicted molar refractivity (Wildman–Crippen MR) is 98.3 cm³/mol. The molecule has 0 aliphatic carbocycles. The van der Waals surface area contributed by atoms with Gasteiger partial charge in [0.05, 0.1) is 5.69 Å². The first kappa shape index (κ1) is 17.3. The van der Waals surface area contributed by atoms with E-state index in [1.54, 1.807) is 30.0 Å². The molecule has 0 aromatic heterocycles. The quantitative estimate of drug-likeness (QED) is 0.904. The number of halogens is 1. The normalized spacial score (nSPS) is 16.2. The number of nitrogens with zero attached hydrogens (tertiary/aromatic N) is 1. The highest BCUT2D eigenvalue weighted by atomic mass is 35.5. The molecule has 2 aromatic rings. The Labute approximate surface area is 151 Å². The van der Waals surface area contributed by atoms with Gasteiger partial charge < -0.3 is 15.0 Å². The minimum atomic E-state index is -0.562. The first-order valence-corrected chi connectivity index (χ1v) is 8.47. The second kappa shape index (κ2) is 7.15. The van der Waals surface area contributed by atoms with Crippen LogP contribution in [-0.4, -0.2) is 24.5 Å². The smallest absolute Gasteiger partial charge is 0.267 e. The fourth-order valence-electron chi connectivity index (χ4n) is 2.76. The van der Waals surface area contributed by atoms with E-state index >= 15 is 0 Å². The summed E-state index contributed by atoms with van der Waals surface area (Å²) in [5, 5.41) is 3.45. The summed E-state index contributed by atoms with van der Waals surface area (Å²) >= 11 is 6.07. The lowest BCUT2D eigenvalue weighted by atomic mass is 10.1. The van der Waals surface area contributed by atoms with Crippen LogP contribution in [0.25, 0.3) is 0 Å². The molecular formula is C19H19ClN2O3. The largest absolute Gasteiger partial charge is 0.479 e. The molecule has 6 heteroatoms. The van der Waals surface area contributed by atoms with E-state index in [-0.39, 0.29) is 24.8 Å². The molecule has 0 fully saturated rings. The van der Waals surface area contributed by atoms with Crippen molar-refractivity contribution < 1.29 is 14.3 Å². The zero-order chi connectivity index (χ0) is 18.0. The summed E-state index contributed by atoms with van der Waals surface area (Å²) in [6.07, 6.45) is -0.383. The van der Waals surface area contributed by atoms with Crippen molar-refractivity contribution in [2.45, 2.75) is 26.4 Å². The molecule has 0 bridgehead atoms. The van der Waals surface area contributed by atoms with E-state index in [9.17, 15) is 9.59 Å². The van der Waals surface area contributed by atoms with Crippen LogP contribution >= 0.6 is 11.6 Å². The van der Waals surface area contributed by atoms with Crippen LogP contribution in [0, 0.1) is 6.92 Å². The number of amides is 2. The molecular weight excluding hydrogens is 340 g/mol. The molecule has 1 N–H and O–H groups in total. The molecule has 1 heterocycles. The van der Waals surface area contributed by atoms with Gasteiger partial charge in [-0.25, -0.2) is 0 Å². The lowest BCUT2D eigenvalue weighted by Crippen LogP contribution is -2.45. The van der Waals surface area contributed by atoms with Crippen molar-refractivity contribution in [2.75, 3.05) is 16.8 Å². The van der Waals surface area contributed by atoms with Crippen LogP contribution in [0.1, 0.15) is 18.9 Å². The molecule has 0 saturated heterocycles. The van der Waals surface area contributed by atoms with Crippen molar-refractivity contribution in [3.63, 3.8) is 0 Å². The average Bonchev–Trinajstić information content (AvgIpc) is 2.59. The lowest BCUT2D eigenvalue weighted by molar-refractivity contribution is -0.125. The Morgan fingerprint density at radius 1 is 1.24 bits per heavy atom. The zero-order valence-electron chi connectivity index (χ0n) is 14.1. The van der Waals surface area contributed by atoms with E-state index in [0.717, 1.165) is 5.56 Å². The van der Waals surface area contributed by atoms with Crippen molar-refractivity contribution in [3.8, 4) is 5.75 Å². The highest BCUT2D eigenvalue weighted by molar-refractivity contribution is 6.31. The predicted octanol–water partition coefficient (Wildman–Crippen LogP) is 3.79. The summed E-state index contributed by atoms with van der Waals surface area (Å²) < 4.78 is 5.60. The van der Waals surface area contributed by atoms with E-state index in [1.807, 2.05) is 31.2 Å². The molecule has 130 valence electrons. The Bertz CT molecular complexity index is 822. The minimum Gasteiger partial charge on any atom is -0.479 e. The average molecular weight is 359 g/mol. The molecule has 5 nitrogen and oxygen atoms in total. The van der Waals surface area contributed by atoms with Crippen molar-refractivity contribution in [3.05, 3.63) is 53.1 Å². The number of carbonyl (C=O) groups excluding carboxylic acids is 2. The molecule has 2 amide bonds. The van der Waals surface area contributed by atoms with Crippen LogP contribution in [0.5, 0.6) is 5.75 Å². The van der Waals surface area contributed by atoms with Crippen LogP contribution in [0.4, 0.5) is 11.4 Å². The summed E-state index contributed by atoms with van der Waals surface area (Å²) in [7, 11) is 0. The van der Waals surface area contributed by atoms with Gasteiger partial charge in [-0.1, -0.05) is 29.8 Å². The monoisotopic (exact) mass is 358 g/mol. The topological polar surface area (TPSA) is 58.6 Å². The highest BCUT2D eigenvalue weighted by Crippen LogP contribution is 2.33. The molecule has 1 atom stereocenters. The van der Waals surface area contributed by atoms with E-state index in [1.165, 1.54) is 0 Å². The first-order valence-electron chi connectivity index (χ1n) is 8.09. The number of ether oxygens (including phenoxy) is 1. The summed E-state index contributed by atoms with van der Waals surface area (Å²) in [6, 6.07) is 12.7. The SMILES string of the molecule is Cc1c(Cl)cccc1NC(=O)CCN1C(=O)[C@H](C)Oc2ccccc21. The molecule has 3 rings (SSSR count). The highest BCUT2D eigenvalue weighted by Gasteiger charge is 2.31. The van der Waals surface area contributed by atoms with Crippen LogP contribution < -0.4 is 15.0 Å². The van der Waals surface area contributed by atoms with Gasteiger partial charge in [-0.05, 0) is 43.7 Å². The van der Waals surface area contributed by atoms with E-state index in [2.05, 4.69) is 5.32 Å². The number of benzene rings is 2. The molecule has 0 saturated carbocycles. The summed E-state index contributed by atoms with van der Waals surface area (Å²) in [5.41, 5.74) is 2.19. The molecule has 1 aliphatic rings. The third-order valence-corrected chi connectivity index (χ3v) is 4.59. The van der Waals surface area contributed by atoms with Gasteiger partial charge in [0.15, 0.2) is 6.10 Å². The van der Waals surface area contributed by atoms with Crippen molar-refractivity contribution in [1.82, 2.24) is 0 Å². The third-order valence-electron chi connectivity index (χ3n) is 4.18. The van der Waals surface area contributed by atoms with Gasteiger partial charge >= 0.3 is 0 Å². The van der Waals surface area contributed by atoms with E-state index in [0.29, 0.717) is 22.1 Å². The van der Waals surface area contributed by atoms with Crippen LogP contribution in [0.15, 0.2) is 42.5 Å². The molecule has 2 aromatic carbocycles. The molecule has 0 unspecified atom stereocenters. The Morgan fingerprint density at radius 2 is 2.00 bits per heavy atom. The van der Waals surface area contributed by atoms with Gasteiger partial charge in [0.1, 0.15) is 5.75 Å². The maximum absolute atomic E-state index is 12.4. The number of carbonyl (C=O) groups is 2. The Kier molecular flexibility index (Phi) is 4.95. The van der Waals surface area contributed by atoms with E-state index < -0.39 is 6.10 Å². The number of hydrogen-bond donors (Lipinski definition) is 1. The minimum absolute atomic E-state index is 0.148. The van der Waals surface area contributed by atoms with Crippen molar-refractivity contribution in [1.29, 1.82) is 0 Å². The van der Waals surface area contributed by atoms with Crippen molar-refractivity contribution in [2.24, 2.45) is 0 Å². The van der Waals surface area contributed by atoms with Gasteiger partial charge in [0.25, 0.3) is 5.91 Å². The number of anilines is 2. The van der Waals surface area contributed by atoms with E-state index in [4.69, 9.17) is 16.3 Å². The Balaban J connectivity index is 1.69. The molecule has 1 aliphatic heterocycles. The maximum Gasteiger partial charge on any atom is 0.267 e. The number of fused-ring (bicyclic) bond motifs is 1. The lowest BCUT2D eigenvalue weighted by Gasteiger charge is -2.32. The van der Waals surface area contributed by atoms with Gasteiger partial charge in [-0.2, -0.15) is 0 Å². The second-order valence-corrected chi connectivity index (χ2v) is 6.34. The standard InChI is InChI=1S/C19H19ClN2O3/c1-12-14(20)6-5-7-15(12)21-18(23)10-11-22-16-8-3-4-9-17(16)25-13(2)19(22)24/h3-9,13H,10-11H2,1-2H3,(H,21,23)/t13-/m0/s1. The van der Waals surface area contributed by atoms with Gasteiger partial charge in [0, 0.05) is 23.7 Å². The summed E-state index contributed by atoms with van der Waals surface area (Å²) in [6.45, 7) is 3.84. The Hall–Kier alpha value is -2.53. The fourth-order valence-corrected chi connectivity index (χ4v) is 2.93.